The summed E-state index contributed by atoms with van der Waals surface area (Å²) in [5.74, 6) is 0.0111. The van der Waals surface area contributed by atoms with E-state index in [4.69, 9.17) is 0 Å². The molecule has 0 bridgehead atoms. The molecule has 0 N–H and O–H groups in total. The Balaban J connectivity index is 1.88. The molecular formula is C27H12O4. The molecule has 0 heterocycles. The van der Waals surface area contributed by atoms with Crippen LogP contribution in [-0.2, 0) is 0 Å². The minimum Gasteiger partial charge on any atom is -0.289 e. The molecule has 4 aliphatic rings. The summed E-state index contributed by atoms with van der Waals surface area (Å²) in [5, 5.41) is 3.53. The predicted octanol–water partition coefficient (Wildman–Crippen LogP) is 2.26. The zero-order valence-corrected chi connectivity index (χ0v) is 16.1. The van der Waals surface area contributed by atoms with Crippen LogP contribution in [0.5, 0.6) is 0 Å². The molecule has 1 atom stereocenters. The quantitative estimate of drug-likeness (QED) is 0.400. The van der Waals surface area contributed by atoms with Crippen molar-refractivity contribution in [1.82, 2.24) is 0 Å². The van der Waals surface area contributed by atoms with E-state index in [0.717, 1.165) is 5.57 Å². The molecule has 0 saturated carbocycles. The number of fused-ring (bicyclic) bond motifs is 6. The summed E-state index contributed by atoms with van der Waals surface area (Å²) < 4.78 is 0. The lowest BCUT2D eigenvalue weighted by Crippen LogP contribution is -2.18. The monoisotopic (exact) mass is 400 g/mol. The zero-order valence-electron chi connectivity index (χ0n) is 16.1. The van der Waals surface area contributed by atoms with Crippen LogP contribution in [0.15, 0.2) is 79.4 Å². The Morgan fingerprint density at radius 3 is 2.48 bits per heavy atom. The minimum atomic E-state index is -0.373. The lowest BCUT2D eigenvalue weighted by atomic mass is 9.88. The molecule has 0 saturated heterocycles. The smallest absolute Gasteiger partial charge is 0.195 e. The normalized spacial score (nSPS) is 17.4. The van der Waals surface area contributed by atoms with Gasteiger partial charge >= 0.3 is 0 Å². The van der Waals surface area contributed by atoms with Crippen molar-refractivity contribution in [3.8, 4) is 0 Å². The topological polar surface area (TPSA) is 68.3 Å². The van der Waals surface area contributed by atoms with Crippen molar-refractivity contribution in [3.05, 3.63) is 122 Å². The van der Waals surface area contributed by atoms with Crippen LogP contribution in [0.4, 0.5) is 0 Å². The van der Waals surface area contributed by atoms with Crippen LogP contribution in [-0.4, -0.2) is 0 Å². The summed E-state index contributed by atoms with van der Waals surface area (Å²) in [4.78, 5) is 52.7. The molecular weight excluding hydrogens is 388 g/mol. The Morgan fingerprint density at radius 1 is 0.742 bits per heavy atom. The zero-order chi connectivity index (χ0) is 21.0. The first-order valence-electron chi connectivity index (χ1n) is 10.1. The largest absolute Gasteiger partial charge is 0.289 e. The van der Waals surface area contributed by atoms with Gasteiger partial charge in [-0.1, -0.05) is 42.5 Å². The highest BCUT2D eigenvalue weighted by Gasteiger charge is 2.25. The fraction of sp³-hybridized carbons (Fsp3) is 0.0370. The van der Waals surface area contributed by atoms with Crippen LogP contribution in [0.1, 0.15) is 5.56 Å². The SMILES string of the molecule is O=c1cccc2c3c(=O)c4cc(=O)c5c6c(c(c(=O)c=3cc12)c45)=CC1C=CC=CC1=C6. The molecule has 0 aromatic heterocycles. The van der Waals surface area contributed by atoms with Gasteiger partial charge in [0.15, 0.2) is 21.7 Å². The van der Waals surface area contributed by atoms with Crippen LogP contribution in [0.3, 0.4) is 0 Å². The molecule has 0 radical (unpaired) electrons. The van der Waals surface area contributed by atoms with Crippen LogP contribution >= 0.6 is 0 Å². The molecule has 144 valence electrons. The molecule has 4 nitrogen and oxygen atoms in total. The molecule has 31 heavy (non-hydrogen) atoms. The molecule has 0 amide bonds. The van der Waals surface area contributed by atoms with Crippen molar-refractivity contribution in [1.29, 1.82) is 0 Å². The van der Waals surface area contributed by atoms with Crippen LogP contribution in [0.2, 0.25) is 0 Å². The third-order valence-electron chi connectivity index (χ3n) is 6.72. The molecule has 0 aliphatic heterocycles. The van der Waals surface area contributed by atoms with Gasteiger partial charge in [0.1, 0.15) is 0 Å². The number of hydrogen-bond acceptors (Lipinski definition) is 4. The standard InChI is InChI=1S/C27H12O4/c28-20-7-3-6-14-15(20)10-18-22(14)26(30)19-11-21(29)23-16-8-12-4-1-2-5-13(12)9-17(16)25(24(19)23)27(18)31/h1-11,13H. The maximum absolute atomic E-state index is 13.8. The van der Waals surface area contributed by atoms with E-state index in [1.54, 1.807) is 12.1 Å². The molecule has 3 aromatic rings. The first kappa shape index (κ1) is 16.6. The van der Waals surface area contributed by atoms with E-state index in [-0.39, 0.29) is 43.5 Å². The van der Waals surface area contributed by atoms with Crippen molar-refractivity contribution in [2.45, 2.75) is 0 Å². The van der Waals surface area contributed by atoms with Crippen molar-refractivity contribution in [3.63, 3.8) is 0 Å². The van der Waals surface area contributed by atoms with Gasteiger partial charge in [-0.15, -0.1) is 0 Å². The van der Waals surface area contributed by atoms with Gasteiger partial charge in [0.2, 0.25) is 0 Å². The molecule has 4 heteroatoms. The van der Waals surface area contributed by atoms with Gasteiger partial charge in [0.05, 0.1) is 0 Å². The highest BCUT2D eigenvalue weighted by Crippen LogP contribution is 2.32. The second-order valence-electron chi connectivity index (χ2n) is 8.26. The van der Waals surface area contributed by atoms with Gasteiger partial charge in [-0.25, -0.2) is 0 Å². The van der Waals surface area contributed by atoms with E-state index in [1.165, 1.54) is 18.2 Å². The Bertz CT molecular complexity index is 2070. The van der Waals surface area contributed by atoms with Gasteiger partial charge in [-0.2, -0.15) is 0 Å². The van der Waals surface area contributed by atoms with Crippen LogP contribution in [0, 0.1) is 16.4 Å². The molecule has 3 aromatic carbocycles. The van der Waals surface area contributed by atoms with Gasteiger partial charge < -0.3 is 0 Å². The second-order valence-corrected chi connectivity index (χ2v) is 8.26. The fourth-order valence-corrected chi connectivity index (χ4v) is 5.38. The summed E-state index contributed by atoms with van der Waals surface area (Å²) in [7, 11) is 0. The Kier molecular flexibility index (Phi) is 2.83. The lowest BCUT2D eigenvalue weighted by Gasteiger charge is -2.16. The maximum Gasteiger partial charge on any atom is 0.195 e. The van der Waals surface area contributed by atoms with Crippen LogP contribution in [0.25, 0.3) is 44.5 Å². The first-order valence-corrected chi connectivity index (χ1v) is 10.1. The average molecular weight is 400 g/mol. The van der Waals surface area contributed by atoms with E-state index in [1.807, 2.05) is 36.5 Å². The van der Waals surface area contributed by atoms with Crippen molar-refractivity contribution in [2.24, 2.45) is 5.92 Å². The first-order chi connectivity index (χ1) is 15.0. The van der Waals surface area contributed by atoms with Crippen LogP contribution < -0.4 is 26.9 Å². The molecule has 4 aliphatic carbocycles. The number of rotatable bonds is 0. The second kappa shape index (κ2) is 5.29. The van der Waals surface area contributed by atoms with Crippen molar-refractivity contribution >= 4 is 44.5 Å². The van der Waals surface area contributed by atoms with Gasteiger partial charge in [-0.05, 0) is 46.0 Å². The number of hydrogen-bond donors (Lipinski definition) is 0. The summed E-state index contributed by atoms with van der Waals surface area (Å²) in [6, 6.07) is 7.58. The predicted molar refractivity (Wildman–Crippen MR) is 122 cm³/mol. The maximum atomic E-state index is 13.8. The third-order valence-corrected chi connectivity index (χ3v) is 6.72. The van der Waals surface area contributed by atoms with Gasteiger partial charge in [0.25, 0.3) is 0 Å². The van der Waals surface area contributed by atoms with E-state index in [9.17, 15) is 19.2 Å². The molecule has 0 spiro atoms. The summed E-state index contributed by atoms with van der Waals surface area (Å²) in [6.07, 6.45) is 11.9. The van der Waals surface area contributed by atoms with Crippen molar-refractivity contribution < 1.29 is 0 Å². The summed E-state index contributed by atoms with van der Waals surface area (Å²) in [6.45, 7) is 0. The molecule has 0 fully saturated rings. The minimum absolute atomic E-state index is 0.0111. The fourth-order valence-electron chi connectivity index (χ4n) is 5.38. The van der Waals surface area contributed by atoms with Gasteiger partial charge in [-0.3, -0.25) is 19.2 Å². The highest BCUT2D eigenvalue weighted by molar-refractivity contribution is 6.17. The number of allylic oxidation sites excluding steroid dienone is 5. The third kappa shape index (κ3) is 1.86. The summed E-state index contributed by atoms with van der Waals surface area (Å²) >= 11 is 0. The number of benzene rings is 1. The average Bonchev–Trinajstić information content (AvgIpc) is 3.40. The Morgan fingerprint density at radius 2 is 1.61 bits per heavy atom. The summed E-state index contributed by atoms with van der Waals surface area (Å²) in [5.41, 5.74) is 0.586. The highest BCUT2D eigenvalue weighted by atomic mass is 16.1. The molecule has 7 rings (SSSR count). The Labute approximate surface area is 173 Å². The Hall–Kier alpha value is -4.18. The van der Waals surface area contributed by atoms with Gasteiger partial charge in [0, 0.05) is 43.3 Å². The van der Waals surface area contributed by atoms with E-state index in [2.05, 4.69) is 0 Å². The van der Waals surface area contributed by atoms with E-state index in [0.29, 0.717) is 37.7 Å². The lowest BCUT2D eigenvalue weighted by molar-refractivity contribution is 1.05. The van der Waals surface area contributed by atoms with E-state index < -0.39 is 0 Å². The molecule has 1 unspecified atom stereocenters. The van der Waals surface area contributed by atoms with E-state index >= 15 is 0 Å². The van der Waals surface area contributed by atoms with Crippen molar-refractivity contribution in [2.75, 3.05) is 0 Å².